The summed E-state index contributed by atoms with van der Waals surface area (Å²) >= 11 is 0. The zero-order valence-electron chi connectivity index (χ0n) is 10.1. The quantitative estimate of drug-likeness (QED) is 0.810. The van der Waals surface area contributed by atoms with Crippen LogP contribution in [0.2, 0.25) is 0 Å². The number of aliphatic hydroxyl groups excluding tert-OH is 1. The molecule has 0 spiro atoms. The monoisotopic (exact) mass is 249 g/mol. The second kappa shape index (κ2) is 5.64. The van der Waals surface area contributed by atoms with Gasteiger partial charge in [0, 0.05) is 11.1 Å². The maximum absolute atomic E-state index is 11.6. The summed E-state index contributed by atoms with van der Waals surface area (Å²) in [5, 5.41) is 9.98. The van der Waals surface area contributed by atoms with Crippen LogP contribution in [0.3, 0.4) is 0 Å². The van der Waals surface area contributed by atoms with Crippen LogP contribution in [0.15, 0.2) is 29.3 Å². The van der Waals surface area contributed by atoms with E-state index in [0.29, 0.717) is 30.2 Å². The van der Waals surface area contributed by atoms with Gasteiger partial charge in [-0.15, -0.1) is 0 Å². The highest BCUT2D eigenvalue weighted by Gasteiger charge is 2.24. The van der Waals surface area contributed by atoms with E-state index in [1.54, 1.807) is 31.2 Å². The average Bonchev–Trinajstić information content (AvgIpc) is 2.92. The van der Waals surface area contributed by atoms with Crippen LogP contribution in [-0.4, -0.2) is 36.7 Å². The average molecular weight is 249 g/mol. The third-order valence-electron chi connectivity index (χ3n) is 2.58. The molecule has 0 bridgehead atoms. The molecule has 0 aliphatic carbocycles. The van der Waals surface area contributed by atoms with Gasteiger partial charge in [0.25, 0.3) is 0 Å². The number of carbonyl (C=O) groups excluding carboxylic acids is 1. The Bertz CT molecular complexity index is 470. The van der Waals surface area contributed by atoms with Crippen molar-refractivity contribution in [1.29, 1.82) is 0 Å². The van der Waals surface area contributed by atoms with Gasteiger partial charge in [-0.3, -0.25) is 0 Å². The largest absolute Gasteiger partial charge is 0.476 e. The summed E-state index contributed by atoms with van der Waals surface area (Å²) in [6, 6.07) is 6.99. The van der Waals surface area contributed by atoms with Crippen LogP contribution in [0, 0.1) is 0 Å². The number of carbonyl (C=O) groups is 1. The van der Waals surface area contributed by atoms with Crippen molar-refractivity contribution >= 4 is 11.9 Å². The molecule has 0 aromatic heterocycles. The van der Waals surface area contributed by atoms with Gasteiger partial charge in [0.05, 0.1) is 13.2 Å². The minimum absolute atomic E-state index is 0.232. The van der Waals surface area contributed by atoms with Crippen LogP contribution < -0.4 is 0 Å². The number of aliphatic imine (C=N–C) groups is 1. The third kappa shape index (κ3) is 2.51. The lowest BCUT2D eigenvalue weighted by molar-refractivity contribution is -0.153. The maximum Gasteiger partial charge on any atom is 0.339 e. The van der Waals surface area contributed by atoms with Gasteiger partial charge < -0.3 is 14.6 Å². The molecule has 96 valence electrons. The third-order valence-corrected chi connectivity index (χ3v) is 2.58. The minimum atomic E-state index is -1.31. The highest BCUT2D eigenvalue weighted by atomic mass is 16.5. The Balaban J connectivity index is 2.29. The van der Waals surface area contributed by atoms with Crippen molar-refractivity contribution in [3.63, 3.8) is 0 Å². The predicted molar refractivity (Wildman–Crippen MR) is 65.4 cm³/mol. The van der Waals surface area contributed by atoms with Crippen molar-refractivity contribution < 1.29 is 19.4 Å². The van der Waals surface area contributed by atoms with Crippen molar-refractivity contribution in [3.05, 3.63) is 35.4 Å². The first-order chi connectivity index (χ1) is 8.74. The number of esters is 1. The minimum Gasteiger partial charge on any atom is -0.476 e. The summed E-state index contributed by atoms with van der Waals surface area (Å²) in [5.74, 6) is -0.197. The summed E-state index contributed by atoms with van der Waals surface area (Å²) in [5.41, 5.74) is 1.09. The molecule has 1 unspecified atom stereocenters. The van der Waals surface area contributed by atoms with E-state index >= 15 is 0 Å². The van der Waals surface area contributed by atoms with Crippen molar-refractivity contribution in [3.8, 4) is 0 Å². The van der Waals surface area contributed by atoms with Crippen LogP contribution in [0.1, 0.15) is 24.2 Å². The van der Waals surface area contributed by atoms with Gasteiger partial charge in [0.2, 0.25) is 5.90 Å². The van der Waals surface area contributed by atoms with Crippen LogP contribution in [-0.2, 0) is 14.3 Å². The fourth-order valence-electron chi connectivity index (χ4n) is 1.78. The summed E-state index contributed by atoms with van der Waals surface area (Å²) in [7, 11) is 0. The normalized spacial score (nSPS) is 15.8. The number of aliphatic hydroxyl groups is 1. The Morgan fingerprint density at radius 3 is 3.00 bits per heavy atom. The second-order valence-corrected chi connectivity index (χ2v) is 3.78. The molecule has 0 saturated carbocycles. The molecule has 1 atom stereocenters. The Labute approximate surface area is 105 Å². The zero-order chi connectivity index (χ0) is 13.0. The SMILES string of the molecule is CCOC(=O)C(O)c1ccccc1C1=NCCO1. The lowest BCUT2D eigenvalue weighted by Crippen LogP contribution is -2.18. The Kier molecular flexibility index (Phi) is 3.94. The highest BCUT2D eigenvalue weighted by Crippen LogP contribution is 2.21. The van der Waals surface area contributed by atoms with Crippen LogP contribution in [0.4, 0.5) is 0 Å². The number of benzene rings is 1. The van der Waals surface area contributed by atoms with E-state index in [2.05, 4.69) is 4.99 Å². The van der Waals surface area contributed by atoms with Crippen molar-refractivity contribution in [1.82, 2.24) is 0 Å². The fourth-order valence-corrected chi connectivity index (χ4v) is 1.78. The molecule has 1 aromatic rings. The Morgan fingerprint density at radius 1 is 1.56 bits per heavy atom. The first-order valence-electron chi connectivity index (χ1n) is 5.85. The van der Waals surface area contributed by atoms with Crippen molar-refractivity contribution in [2.75, 3.05) is 19.8 Å². The van der Waals surface area contributed by atoms with E-state index in [4.69, 9.17) is 9.47 Å². The topological polar surface area (TPSA) is 68.1 Å². The molecule has 1 aromatic carbocycles. The van der Waals surface area contributed by atoms with Gasteiger partial charge in [-0.1, -0.05) is 18.2 Å². The molecule has 5 nitrogen and oxygen atoms in total. The summed E-state index contributed by atoms with van der Waals surface area (Å²) in [6.07, 6.45) is -1.31. The van der Waals surface area contributed by atoms with Gasteiger partial charge in [-0.25, -0.2) is 9.79 Å². The number of ether oxygens (including phenoxy) is 2. The molecule has 1 aliphatic rings. The van der Waals surface area contributed by atoms with Gasteiger partial charge >= 0.3 is 5.97 Å². The van der Waals surface area contributed by atoms with E-state index < -0.39 is 12.1 Å². The molecular formula is C13H15NO4. The first kappa shape index (κ1) is 12.6. The summed E-state index contributed by atoms with van der Waals surface area (Å²) < 4.78 is 10.2. The molecule has 2 rings (SSSR count). The van der Waals surface area contributed by atoms with E-state index in [-0.39, 0.29) is 6.61 Å². The van der Waals surface area contributed by atoms with Crippen LogP contribution >= 0.6 is 0 Å². The number of hydrogen-bond acceptors (Lipinski definition) is 5. The van der Waals surface area contributed by atoms with E-state index in [1.807, 2.05) is 0 Å². The molecule has 1 aliphatic heterocycles. The van der Waals surface area contributed by atoms with E-state index in [1.165, 1.54) is 0 Å². The van der Waals surface area contributed by atoms with E-state index in [0.717, 1.165) is 0 Å². The molecule has 0 fully saturated rings. The number of hydrogen-bond donors (Lipinski definition) is 1. The molecule has 1 N–H and O–H groups in total. The molecule has 5 heteroatoms. The summed E-state index contributed by atoms with van der Waals surface area (Å²) in [4.78, 5) is 15.7. The lowest BCUT2D eigenvalue weighted by Gasteiger charge is -2.14. The summed E-state index contributed by atoms with van der Waals surface area (Å²) in [6.45, 7) is 3.05. The van der Waals surface area contributed by atoms with E-state index in [9.17, 15) is 9.90 Å². The number of rotatable bonds is 4. The van der Waals surface area contributed by atoms with Crippen LogP contribution in [0.25, 0.3) is 0 Å². The molecule has 0 saturated heterocycles. The molecule has 18 heavy (non-hydrogen) atoms. The molecule has 1 heterocycles. The predicted octanol–water partition coefficient (Wildman–Crippen LogP) is 1.06. The standard InChI is InChI=1S/C13H15NO4/c1-2-17-13(16)11(15)9-5-3-4-6-10(9)12-14-7-8-18-12/h3-6,11,15H,2,7-8H2,1H3. The van der Waals surface area contributed by atoms with Crippen LogP contribution in [0.5, 0.6) is 0 Å². The first-order valence-corrected chi connectivity index (χ1v) is 5.85. The molecule has 0 amide bonds. The smallest absolute Gasteiger partial charge is 0.339 e. The maximum atomic E-state index is 11.6. The Hall–Kier alpha value is -1.88. The Morgan fingerprint density at radius 2 is 2.33 bits per heavy atom. The molecule has 0 radical (unpaired) electrons. The fraction of sp³-hybridized carbons (Fsp3) is 0.385. The zero-order valence-corrected chi connectivity index (χ0v) is 10.1. The van der Waals surface area contributed by atoms with Gasteiger partial charge in [0.1, 0.15) is 6.61 Å². The van der Waals surface area contributed by atoms with Gasteiger partial charge in [0.15, 0.2) is 6.10 Å². The molecular weight excluding hydrogens is 234 g/mol. The van der Waals surface area contributed by atoms with Crippen molar-refractivity contribution in [2.24, 2.45) is 4.99 Å². The lowest BCUT2D eigenvalue weighted by atomic mass is 10.0. The van der Waals surface area contributed by atoms with Crippen molar-refractivity contribution in [2.45, 2.75) is 13.0 Å². The highest BCUT2D eigenvalue weighted by molar-refractivity contribution is 5.97. The number of nitrogens with zero attached hydrogens (tertiary/aromatic N) is 1. The second-order valence-electron chi connectivity index (χ2n) is 3.78. The van der Waals surface area contributed by atoms with Gasteiger partial charge in [-0.05, 0) is 13.0 Å². The van der Waals surface area contributed by atoms with Gasteiger partial charge in [-0.2, -0.15) is 0 Å².